The van der Waals surface area contributed by atoms with Crippen molar-refractivity contribution in [2.75, 3.05) is 20.3 Å². The fourth-order valence-electron chi connectivity index (χ4n) is 1.16. The van der Waals surface area contributed by atoms with Crippen molar-refractivity contribution in [3.63, 3.8) is 0 Å². The van der Waals surface area contributed by atoms with Crippen molar-refractivity contribution < 1.29 is 23.8 Å². The zero-order valence-electron chi connectivity index (χ0n) is 10.9. The second-order valence-electron chi connectivity index (χ2n) is 3.83. The molecule has 0 amide bonds. The Balaban J connectivity index is 3.58. The van der Waals surface area contributed by atoms with Crippen LogP contribution in [0, 0.1) is 0 Å². The first-order chi connectivity index (χ1) is 8.10. The number of carbonyl (C=O) groups is 2. The first-order valence-corrected chi connectivity index (χ1v) is 5.94. The van der Waals surface area contributed by atoms with Crippen LogP contribution in [0.5, 0.6) is 0 Å². The maximum absolute atomic E-state index is 11.3. The monoisotopic (exact) mass is 246 g/mol. The van der Waals surface area contributed by atoms with Crippen LogP contribution in [0.1, 0.15) is 39.5 Å². The van der Waals surface area contributed by atoms with Gasteiger partial charge < -0.3 is 14.2 Å². The summed E-state index contributed by atoms with van der Waals surface area (Å²) in [7, 11) is 1.54. The Kier molecular flexibility index (Phi) is 9.43. The topological polar surface area (TPSA) is 61.8 Å². The van der Waals surface area contributed by atoms with E-state index >= 15 is 0 Å². The molecular formula is C12H22O5. The second-order valence-corrected chi connectivity index (χ2v) is 3.83. The third-order valence-electron chi connectivity index (χ3n) is 2.03. The van der Waals surface area contributed by atoms with E-state index in [2.05, 4.69) is 0 Å². The summed E-state index contributed by atoms with van der Waals surface area (Å²) in [5, 5.41) is 0. The van der Waals surface area contributed by atoms with E-state index in [0.29, 0.717) is 13.2 Å². The molecule has 0 fully saturated rings. The molecule has 1 unspecified atom stereocenters. The van der Waals surface area contributed by atoms with Gasteiger partial charge in [0, 0.05) is 7.11 Å². The molecule has 0 saturated carbocycles. The van der Waals surface area contributed by atoms with Crippen molar-refractivity contribution in [3.05, 3.63) is 0 Å². The van der Waals surface area contributed by atoms with Crippen molar-refractivity contribution in [2.24, 2.45) is 0 Å². The van der Waals surface area contributed by atoms with Gasteiger partial charge in [-0.05, 0) is 13.3 Å². The van der Waals surface area contributed by atoms with Gasteiger partial charge in [-0.1, -0.05) is 13.3 Å². The molecule has 0 aliphatic heterocycles. The van der Waals surface area contributed by atoms with E-state index in [4.69, 9.17) is 14.2 Å². The van der Waals surface area contributed by atoms with E-state index in [1.807, 2.05) is 6.92 Å². The number of hydrogen-bond donors (Lipinski definition) is 0. The summed E-state index contributed by atoms with van der Waals surface area (Å²) in [4.78, 5) is 22.5. The second kappa shape index (κ2) is 10.1. The van der Waals surface area contributed by atoms with Crippen molar-refractivity contribution >= 4 is 11.9 Å². The first kappa shape index (κ1) is 15.9. The number of rotatable bonds is 9. The molecule has 0 aromatic rings. The van der Waals surface area contributed by atoms with E-state index in [1.54, 1.807) is 6.92 Å². The number of carbonyl (C=O) groups excluding carboxylic acids is 2. The van der Waals surface area contributed by atoms with E-state index in [-0.39, 0.29) is 24.9 Å². The van der Waals surface area contributed by atoms with Crippen LogP contribution in [0.3, 0.4) is 0 Å². The number of ether oxygens (including phenoxy) is 3. The van der Waals surface area contributed by atoms with Crippen LogP contribution < -0.4 is 0 Å². The van der Waals surface area contributed by atoms with E-state index < -0.39 is 5.97 Å². The van der Waals surface area contributed by atoms with Crippen LogP contribution in [0.25, 0.3) is 0 Å². The van der Waals surface area contributed by atoms with Crippen LogP contribution in [-0.4, -0.2) is 38.4 Å². The molecule has 100 valence electrons. The van der Waals surface area contributed by atoms with Crippen LogP contribution in [-0.2, 0) is 23.8 Å². The Labute approximate surface area is 102 Å². The smallest absolute Gasteiger partial charge is 0.306 e. The zero-order valence-corrected chi connectivity index (χ0v) is 10.9. The van der Waals surface area contributed by atoms with Gasteiger partial charge in [0.25, 0.3) is 0 Å². The van der Waals surface area contributed by atoms with Gasteiger partial charge in [-0.25, -0.2) is 0 Å². The number of methoxy groups -OCH3 is 1. The average Bonchev–Trinajstić information content (AvgIpc) is 2.27. The molecule has 5 heteroatoms. The van der Waals surface area contributed by atoms with Crippen LogP contribution in [0.15, 0.2) is 0 Å². The highest BCUT2D eigenvalue weighted by Crippen LogP contribution is 2.00. The fraction of sp³-hybridized carbons (Fsp3) is 0.833. The standard InChI is InChI=1S/C12H22O5/c1-4-5-8-16-11(13)6-7-12(14)17-10(2)9-15-3/h10H,4-9H2,1-3H3. The van der Waals surface area contributed by atoms with Gasteiger partial charge >= 0.3 is 11.9 Å². The highest BCUT2D eigenvalue weighted by Gasteiger charge is 2.12. The Morgan fingerprint density at radius 2 is 1.82 bits per heavy atom. The molecule has 0 rings (SSSR count). The summed E-state index contributed by atoms with van der Waals surface area (Å²) in [6, 6.07) is 0. The first-order valence-electron chi connectivity index (χ1n) is 5.94. The minimum Gasteiger partial charge on any atom is -0.466 e. The van der Waals surface area contributed by atoms with Crippen molar-refractivity contribution in [1.82, 2.24) is 0 Å². The normalized spacial score (nSPS) is 11.9. The molecule has 0 aromatic heterocycles. The van der Waals surface area contributed by atoms with E-state index in [1.165, 1.54) is 7.11 Å². The average molecular weight is 246 g/mol. The highest BCUT2D eigenvalue weighted by molar-refractivity contribution is 5.77. The van der Waals surface area contributed by atoms with Crippen LogP contribution >= 0.6 is 0 Å². The minimum absolute atomic E-state index is 0.0546. The summed E-state index contributed by atoms with van der Waals surface area (Å²) >= 11 is 0. The lowest BCUT2D eigenvalue weighted by Crippen LogP contribution is -2.20. The lowest BCUT2D eigenvalue weighted by molar-refractivity contribution is -0.154. The molecule has 0 N–H and O–H groups in total. The largest absolute Gasteiger partial charge is 0.466 e. The molecule has 0 aromatic carbocycles. The summed E-state index contributed by atoms with van der Waals surface area (Å²) < 4.78 is 14.7. The molecule has 0 saturated heterocycles. The molecule has 0 heterocycles. The molecule has 0 spiro atoms. The van der Waals surface area contributed by atoms with E-state index in [9.17, 15) is 9.59 Å². The quantitative estimate of drug-likeness (QED) is 0.457. The number of esters is 2. The SMILES string of the molecule is CCCCOC(=O)CCC(=O)OC(C)COC. The molecule has 17 heavy (non-hydrogen) atoms. The van der Waals surface area contributed by atoms with Crippen molar-refractivity contribution in [2.45, 2.75) is 45.6 Å². The summed E-state index contributed by atoms with van der Waals surface area (Å²) in [6.45, 7) is 4.53. The minimum atomic E-state index is -0.401. The van der Waals surface area contributed by atoms with Crippen LogP contribution in [0.4, 0.5) is 0 Å². The molecule has 0 aliphatic rings. The van der Waals surface area contributed by atoms with Crippen molar-refractivity contribution in [1.29, 1.82) is 0 Å². The predicted molar refractivity (Wildman–Crippen MR) is 62.5 cm³/mol. The lowest BCUT2D eigenvalue weighted by atomic mass is 10.3. The Morgan fingerprint density at radius 1 is 1.18 bits per heavy atom. The van der Waals surface area contributed by atoms with E-state index in [0.717, 1.165) is 12.8 Å². The van der Waals surface area contributed by atoms with Gasteiger partial charge in [0.05, 0.1) is 26.1 Å². The molecular weight excluding hydrogens is 224 g/mol. The summed E-state index contributed by atoms with van der Waals surface area (Å²) in [5.41, 5.74) is 0. The highest BCUT2D eigenvalue weighted by atomic mass is 16.6. The van der Waals surface area contributed by atoms with Gasteiger partial charge in [-0.3, -0.25) is 9.59 Å². The lowest BCUT2D eigenvalue weighted by Gasteiger charge is -2.11. The molecule has 0 bridgehead atoms. The molecule has 5 nitrogen and oxygen atoms in total. The molecule has 0 radical (unpaired) electrons. The maximum Gasteiger partial charge on any atom is 0.306 e. The maximum atomic E-state index is 11.3. The molecule has 1 atom stereocenters. The Hall–Kier alpha value is -1.10. The third-order valence-corrected chi connectivity index (χ3v) is 2.03. The van der Waals surface area contributed by atoms with Crippen molar-refractivity contribution in [3.8, 4) is 0 Å². The number of hydrogen-bond acceptors (Lipinski definition) is 5. The summed E-state index contributed by atoms with van der Waals surface area (Å²) in [5.74, 6) is -0.753. The Morgan fingerprint density at radius 3 is 2.41 bits per heavy atom. The van der Waals surface area contributed by atoms with Gasteiger partial charge in [0.2, 0.25) is 0 Å². The van der Waals surface area contributed by atoms with Gasteiger partial charge in [0.1, 0.15) is 6.10 Å². The van der Waals surface area contributed by atoms with Gasteiger partial charge in [-0.2, -0.15) is 0 Å². The Bertz CT molecular complexity index is 227. The predicted octanol–water partition coefficient (Wildman–Crippen LogP) is 1.69. The molecule has 0 aliphatic carbocycles. The van der Waals surface area contributed by atoms with Gasteiger partial charge in [0.15, 0.2) is 0 Å². The fourth-order valence-corrected chi connectivity index (χ4v) is 1.16. The summed E-state index contributed by atoms with van der Waals surface area (Å²) in [6.07, 6.45) is 1.66. The third kappa shape index (κ3) is 9.81. The van der Waals surface area contributed by atoms with Crippen LogP contribution in [0.2, 0.25) is 0 Å². The zero-order chi connectivity index (χ0) is 13.1. The number of unbranched alkanes of at least 4 members (excludes halogenated alkanes) is 1. The van der Waals surface area contributed by atoms with Gasteiger partial charge in [-0.15, -0.1) is 0 Å².